The number of esters is 1. The molecule has 10 nitrogen and oxygen atoms in total. The van der Waals surface area contributed by atoms with Crippen molar-refractivity contribution in [2.24, 2.45) is 5.92 Å². The molecule has 1 unspecified atom stereocenters. The fraction of sp³-hybridized carbons (Fsp3) is 0.625. The van der Waals surface area contributed by atoms with Gasteiger partial charge in [-0.05, 0) is 58.1 Å². The minimum Gasteiger partial charge on any atom is -0.481 e. The van der Waals surface area contributed by atoms with Crippen LogP contribution in [0.25, 0.3) is 6.08 Å². The van der Waals surface area contributed by atoms with Gasteiger partial charge in [0.1, 0.15) is 21.8 Å². The standard InChI is InChI=1S/C32H44N4O6S2/c1-4-35-28(34-17-14-15-23(21-34)31(41)42-5-2)24(22(3)25(20-33)29(35)39)19-26-30(40)36(32(43)44-26)18-13-11-9-7-6-8-10-12-16-27(37)38/h19,23H,4-18,21H2,1-3H3,(H,37,38)/b26-19+. The van der Waals surface area contributed by atoms with Gasteiger partial charge < -0.3 is 14.7 Å². The summed E-state index contributed by atoms with van der Waals surface area (Å²) in [4.78, 5) is 54.2. The number of ether oxygens (including phenoxy) is 1. The normalized spacial score (nSPS) is 17.8. The predicted octanol–water partition coefficient (Wildman–Crippen LogP) is 5.62. The first-order chi connectivity index (χ1) is 21.1. The largest absolute Gasteiger partial charge is 0.481 e. The maximum absolute atomic E-state index is 13.5. The number of nitriles is 1. The predicted molar refractivity (Wildman–Crippen MR) is 176 cm³/mol. The molecule has 0 aliphatic carbocycles. The number of carboxylic acids is 1. The van der Waals surface area contributed by atoms with E-state index >= 15 is 0 Å². The van der Waals surface area contributed by atoms with E-state index in [4.69, 9.17) is 22.1 Å². The van der Waals surface area contributed by atoms with Crippen LogP contribution in [0.5, 0.6) is 0 Å². The number of aromatic nitrogens is 1. The highest BCUT2D eigenvalue weighted by atomic mass is 32.2. The van der Waals surface area contributed by atoms with E-state index < -0.39 is 5.97 Å². The summed E-state index contributed by atoms with van der Waals surface area (Å²) in [5.41, 5.74) is 0.781. The van der Waals surface area contributed by atoms with Gasteiger partial charge in [0.05, 0.1) is 17.4 Å². The van der Waals surface area contributed by atoms with Crippen molar-refractivity contribution in [2.75, 3.05) is 31.1 Å². The van der Waals surface area contributed by atoms with Gasteiger partial charge in [0.2, 0.25) is 0 Å². The summed E-state index contributed by atoms with van der Waals surface area (Å²) < 4.78 is 7.34. The Morgan fingerprint density at radius 3 is 2.39 bits per heavy atom. The van der Waals surface area contributed by atoms with Gasteiger partial charge >= 0.3 is 11.9 Å². The summed E-state index contributed by atoms with van der Waals surface area (Å²) in [7, 11) is 0. The van der Waals surface area contributed by atoms with E-state index in [1.807, 2.05) is 11.8 Å². The first-order valence-electron chi connectivity index (χ1n) is 15.7. The Balaban J connectivity index is 1.76. The van der Waals surface area contributed by atoms with Gasteiger partial charge in [0.25, 0.3) is 11.5 Å². The highest BCUT2D eigenvalue weighted by Gasteiger charge is 2.34. The van der Waals surface area contributed by atoms with Gasteiger partial charge in [-0.3, -0.25) is 28.6 Å². The molecule has 0 saturated carbocycles. The Morgan fingerprint density at radius 2 is 1.77 bits per heavy atom. The highest BCUT2D eigenvalue weighted by Crippen LogP contribution is 2.37. The summed E-state index contributed by atoms with van der Waals surface area (Å²) >= 11 is 6.81. The molecule has 1 atom stereocenters. The molecule has 1 amide bonds. The quantitative estimate of drug-likeness (QED) is 0.105. The lowest BCUT2D eigenvalue weighted by Crippen LogP contribution is -2.43. The molecule has 2 saturated heterocycles. The molecule has 0 aromatic carbocycles. The van der Waals surface area contributed by atoms with Crippen LogP contribution in [-0.4, -0.2) is 63.0 Å². The van der Waals surface area contributed by atoms with Crippen molar-refractivity contribution in [3.8, 4) is 6.07 Å². The molecule has 1 N–H and O–H groups in total. The van der Waals surface area contributed by atoms with Crippen molar-refractivity contribution < 1.29 is 24.2 Å². The van der Waals surface area contributed by atoms with Crippen LogP contribution in [0.15, 0.2) is 9.70 Å². The third-order valence-corrected chi connectivity index (χ3v) is 9.55. The number of anilines is 1. The topological polar surface area (TPSA) is 133 Å². The second-order valence-electron chi connectivity index (χ2n) is 11.2. The van der Waals surface area contributed by atoms with Crippen LogP contribution in [0.1, 0.15) is 101 Å². The summed E-state index contributed by atoms with van der Waals surface area (Å²) in [6, 6.07) is 2.06. The Morgan fingerprint density at radius 1 is 1.11 bits per heavy atom. The van der Waals surface area contributed by atoms with Crippen molar-refractivity contribution in [3.63, 3.8) is 0 Å². The summed E-state index contributed by atoms with van der Waals surface area (Å²) in [5, 5.41) is 18.6. The molecule has 1 aromatic rings. The van der Waals surface area contributed by atoms with Crippen molar-refractivity contribution in [2.45, 2.75) is 97.9 Å². The van der Waals surface area contributed by atoms with Crippen molar-refractivity contribution >= 4 is 58.0 Å². The number of hydrogen-bond donors (Lipinski definition) is 1. The zero-order valence-electron chi connectivity index (χ0n) is 26.1. The zero-order chi connectivity index (χ0) is 32.2. The molecular formula is C32H44N4O6S2. The minimum absolute atomic E-state index is 0.0400. The molecule has 12 heteroatoms. The number of pyridine rings is 1. The van der Waals surface area contributed by atoms with E-state index in [9.17, 15) is 24.4 Å². The average Bonchev–Trinajstić information content (AvgIpc) is 3.26. The highest BCUT2D eigenvalue weighted by molar-refractivity contribution is 8.26. The van der Waals surface area contributed by atoms with Crippen LogP contribution < -0.4 is 10.5 Å². The molecule has 0 radical (unpaired) electrons. The summed E-state index contributed by atoms with van der Waals surface area (Å²) in [6.07, 6.45) is 11.1. The van der Waals surface area contributed by atoms with Gasteiger partial charge in [-0.1, -0.05) is 62.5 Å². The van der Waals surface area contributed by atoms with Crippen LogP contribution in [-0.2, 0) is 25.7 Å². The van der Waals surface area contributed by atoms with Crippen molar-refractivity contribution in [1.29, 1.82) is 5.26 Å². The summed E-state index contributed by atoms with van der Waals surface area (Å²) in [6.45, 7) is 7.52. The van der Waals surface area contributed by atoms with E-state index in [0.29, 0.717) is 65.4 Å². The maximum Gasteiger partial charge on any atom is 0.310 e. The maximum atomic E-state index is 13.5. The Labute approximate surface area is 269 Å². The minimum atomic E-state index is -0.742. The molecule has 0 spiro atoms. The monoisotopic (exact) mass is 644 g/mol. The van der Waals surface area contributed by atoms with Crippen LogP contribution >= 0.6 is 24.0 Å². The van der Waals surface area contributed by atoms with Gasteiger partial charge in [0.15, 0.2) is 0 Å². The molecule has 2 aliphatic heterocycles. The third-order valence-electron chi connectivity index (χ3n) is 8.17. The van der Waals surface area contributed by atoms with Crippen LogP contribution in [0, 0.1) is 24.2 Å². The number of hydrogen-bond acceptors (Lipinski definition) is 9. The number of aliphatic carboxylic acids is 1. The molecular weight excluding hydrogens is 601 g/mol. The van der Waals surface area contributed by atoms with E-state index in [0.717, 1.165) is 57.8 Å². The second kappa shape index (κ2) is 17.4. The van der Waals surface area contributed by atoms with E-state index in [1.54, 1.807) is 29.4 Å². The lowest BCUT2D eigenvalue weighted by Gasteiger charge is -2.36. The van der Waals surface area contributed by atoms with E-state index in [-0.39, 0.29) is 35.3 Å². The number of nitrogens with zero attached hydrogens (tertiary/aromatic N) is 4. The molecule has 0 bridgehead atoms. The smallest absolute Gasteiger partial charge is 0.310 e. The number of carboxylic acid groups (broad SMARTS) is 1. The Hall–Kier alpha value is -3.17. The fourth-order valence-electron chi connectivity index (χ4n) is 5.83. The molecule has 3 rings (SSSR count). The van der Waals surface area contributed by atoms with Gasteiger partial charge in [-0.25, -0.2) is 0 Å². The first-order valence-corrected chi connectivity index (χ1v) is 16.9. The van der Waals surface area contributed by atoms with Gasteiger partial charge in [-0.15, -0.1) is 0 Å². The number of amides is 1. The molecule has 240 valence electrons. The fourth-order valence-corrected chi connectivity index (χ4v) is 7.12. The number of carbonyl (C=O) groups excluding carboxylic acids is 2. The lowest BCUT2D eigenvalue weighted by atomic mass is 9.96. The molecule has 1 aromatic heterocycles. The third kappa shape index (κ3) is 8.94. The van der Waals surface area contributed by atoms with Crippen molar-refractivity contribution in [3.05, 3.63) is 31.9 Å². The number of piperidine rings is 1. The van der Waals surface area contributed by atoms with Crippen LogP contribution in [0.3, 0.4) is 0 Å². The van der Waals surface area contributed by atoms with Crippen LogP contribution in [0.4, 0.5) is 5.82 Å². The molecule has 44 heavy (non-hydrogen) atoms. The number of carbonyl (C=O) groups is 3. The van der Waals surface area contributed by atoms with Crippen molar-refractivity contribution in [1.82, 2.24) is 9.47 Å². The molecule has 3 heterocycles. The molecule has 2 aliphatic rings. The molecule has 2 fully saturated rings. The van der Waals surface area contributed by atoms with E-state index in [2.05, 4.69) is 6.07 Å². The zero-order valence-corrected chi connectivity index (χ0v) is 27.7. The average molecular weight is 645 g/mol. The van der Waals surface area contributed by atoms with Crippen LogP contribution in [0.2, 0.25) is 0 Å². The first kappa shape index (κ1) is 35.3. The lowest BCUT2D eigenvalue weighted by molar-refractivity contribution is -0.148. The number of rotatable bonds is 16. The number of thioether (sulfide) groups is 1. The Kier molecular flexibility index (Phi) is 13.9. The van der Waals surface area contributed by atoms with E-state index in [1.165, 1.54) is 11.8 Å². The SMILES string of the molecule is CCOC(=O)C1CCCN(c2c(/C=C3/SC(=S)N(CCCCCCCCCCC(=O)O)C3=O)c(C)c(C#N)c(=O)n2CC)C1. The van der Waals surface area contributed by atoms with Gasteiger partial charge in [0, 0.05) is 38.2 Å². The second-order valence-corrected chi connectivity index (χ2v) is 12.9. The number of unbranched alkanes of at least 4 members (excludes halogenated alkanes) is 7. The number of thiocarbonyl (C=S) groups is 1. The van der Waals surface area contributed by atoms with Gasteiger partial charge in [-0.2, -0.15) is 5.26 Å². The Bertz CT molecular complexity index is 1370. The summed E-state index contributed by atoms with van der Waals surface area (Å²) in [5.74, 6) is -0.904.